The lowest BCUT2D eigenvalue weighted by molar-refractivity contribution is 0.582. The summed E-state index contributed by atoms with van der Waals surface area (Å²) in [5.74, 6) is 0.710. The van der Waals surface area contributed by atoms with Crippen LogP contribution < -0.4 is 5.73 Å². The van der Waals surface area contributed by atoms with Crippen molar-refractivity contribution in [3.05, 3.63) is 23.5 Å². The summed E-state index contributed by atoms with van der Waals surface area (Å²) in [7, 11) is 0. The Balaban J connectivity index is 2.71. The summed E-state index contributed by atoms with van der Waals surface area (Å²) in [5.41, 5.74) is 8.95. The van der Waals surface area contributed by atoms with Gasteiger partial charge in [-0.1, -0.05) is 13.8 Å². The van der Waals surface area contributed by atoms with Gasteiger partial charge in [-0.3, -0.25) is 4.98 Å². The van der Waals surface area contributed by atoms with Gasteiger partial charge < -0.3 is 5.73 Å². The van der Waals surface area contributed by atoms with E-state index in [0.717, 1.165) is 29.8 Å². The highest BCUT2D eigenvalue weighted by molar-refractivity contribution is 5.49. The van der Waals surface area contributed by atoms with E-state index in [-0.39, 0.29) is 0 Å². The second-order valence-electron chi connectivity index (χ2n) is 3.92. The monoisotopic (exact) mass is 178 g/mol. The molecule has 0 saturated heterocycles. The minimum atomic E-state index is 0.710. The van der Waals surface area contributed by atoms with Crippen molar-refractivity contribution in [3.8, 4) is 0 Å². The minimum Gasteiger partial charge on any atom is -0.397 e. The molecule has 0 aliphatic rings. The van der Waals surface area contributed by atoms with E-state index in [2.05, 4.69) is 18.8 Å². The molecule has 0 fully saturated rings. The zero-order valence-corrected chi connectivity index (χ0v) is 8.67. The van der Waals surface area contributed by atoms with Gasteiger partial charge in [-0.25, -0.2) is 0 Å². The first kappa shape index (κ1) is 10.0. The van der Waals surface area contributed by atoms with Crippen LogP contribution in [0.2, 0.25) is 0 Å². The standard InChI is InChI=1S/C11H18N2/c1-8(2)4-5-10-11(12)9(3)6-7-13-10/h6-8H,4-5,12H2,1-3H3. The molecule has 0 radical (unpaired) electrons. The van der Waals surface area contributed by atoms with Crippen molar-refractivity contribution >= 4 is 5.69 Å². The van der Waals surface area contributed by atoms with Gasteiger partial charge in [-0.15, -0.1) is 0 Å². The Morgan fingerprint density at radius 2 is 2.15 bits per heavy atom. The summed E-state index contributed by atoms with van der Waals surface area (Å²) < 4.78 is 0. The van der Waals surface area contributed by atoms with Gasteiger partial charge in [0.1, 0.15) is 0 Å². The molecule has 1 aromatic rings. The Kier molecular flexibility index (Phi) is 3.29. The number of aromatic nitrogens is 1. The average Bonchev–Trinajstić information content (AvgIpc) is 2.07. The molecule has 0 amide bonds. The summed E-state index contributed by atoms with van der Waals surface area (Å²) in [6.07, 6.45) is 3.98. The van der Waals surface area contributed by atoms with Crippen molar-refractivity contribution < 1.29 is 0 Å². The molecule has 0 aliphatic carbocycles. The molecule has 0 unspecified atom stereocenters. The molecule has 1 aromatic heterocycles. The molecule has 0 saturated carbocycles. The molecule has 2 N–H and O–H groups in total. The number of hydrogen-bond donors (Lipinski definition) is 1. The molecule has 1 rings (SSSR count). The maximum atomic E-state index is 5.91. The number of rotatable bonds is 3. The van der Waals surface area contributed by atoms with Crippen LogP contribution in [0.25, 0.3) is 0 Å². The molecular formula is C11H18N2. The molecule has 13 heavy (non-hydrogen) atoms. The smallest absolute Gasteiger partial charge is 0.0635 e. The van der Waals surface area contributed by atoms with Crippen molar-refractivity contribution in [1.82, 2.24) is 4.98 Å². The van der Waals surface area contributed by atoms with E-state index in [1.165, 1.54) is 0 Å². The van der Waals surface area contributed by atoms with Gasteiger partial charge in [0, 0.05) is 6.20 Å². The van der Waals surface area contributed by atoms with Crippen LogP contribution in [0.1, 0.15) is 31.5 Å². The lowest BCUT2D eigenvalue weighted by atomic mass is 10.0. The number of nitrogen functional groups attached to an aromatic ring is 1. The number of hydrogen-bond acceptors (Lipinski definition) is 2. The number of anilines is 1. The molecule has 0 spiro atoms. The highest BCUT2D eigenvalue weighted by Crippen LogP contribution is 2.16. The van der Waals surface area contributed by atoms with E-state index in [4.69, 9.17) is 5.73 Å². The molecule has 0 aliphatic heterocycles. The molecule has 2 nitrogen and oxygen atoms in total. The van der Waals surface area contributed by atoms with Crippen molar-refractivity contribution in [2.75, 3.05) is 5.73 Å². The molecule has 0 atom stereocenters. The lowest BCUT2D eigenvalue weighted by Gasteiger charge is -2.08. The van der Waals surface area contributed by atoms with Gasteiger partial charge in [-0.05, 0) is 37.3 Å². The zero-order chi connectivity index (χ0) is 9.84. The van der Waals surface area contributed by atoms with E-state index in [0.29, 0.717) is 5.92 Å². The quantitative estimate of drug-likeness (QED) is 0.772. The van der Waals surface area contributed by atoms with E-state index < -0.39 is 0 Å². The third-order valence-electron chi connectivity index (χ3n) is 2.25. The van der Waals surface area contributed by atoms with E-state index in [1.54, 1.807) is 0 Å². The van der Waals surface area contributed by atoms with Crippen LogP contribution in [-0.2, 0) is 6.42 Å². The van der Waals surface area contributed by atoms with Crippen molar-refractivity contribution in [1.29, 1.82) is 0 Å². The molecule has 2 heteroatoms. The Bertz CT molecular complexity index is 279. The van der Waals surface area contributed by atoms with Crippen LogP contribution >= 0.6 is 0 Å². The molecule has 0 bridgehead atoms. The maximum Gasteiger partial charge on any atom is 0.0635 e. The fourth-order valence-corrected chi connectivity index (χ4v) is 1.25. The predicted molar refractivity (Wildman–Crippen MR) is 56.5 cm³/mol. The van der Waals surface area contributed by atoms with Gasteiger partial charge in [0.25, 0.3) is 0 Å². The number of pyridine rings is 1. The predicted octanol–water partition coefficient (Wildman–Crippen LogP) is 2.56. The summed E-state index contributed by atoms with van der Waals surface area (Å²) in [5, 5.41) is 0. The molecule has 0 aromatic carbocycles. The summed E-state index contributed by atoms with van der Waals surface area (Å²) in [4.78, 5) is 4.29. The van der Waals surface area contributed by atoms with Crippen LogP contribution in [0.5, 0.6) is 0 Å². The lowest BCUT2D eigenvalue weighted by Crippen LogP contribution is -2.02. The largest absolute Gasteiger partial charge is 0.397 e. The number of aryl methyl sites for hydroxylation is 2. The van der Waals surface area contributed by atoms with Crippen LogP contribution in [0.4, 0.5) is 5.69 Å². The Labute approximate surface area is 80.2 Å². The normalized spacial score (nSPS) is 10.8. The maximum absolute atomic E-state index is 5.91. The fraction of sp³-hybridized carbons (Fsp3) is 0.545. The van der Waals surface area contributed by atoms with Crippen LogP contribution in [0.15, 0.2) is 12.3 Å². The molecule has 72 valence electrons. The first-order valence-corrected chi connectivity index (χ1v) is 4.81. The summed E-state index contributed by atoms with van der Waals surface area (Å²) in [6, 6.07) is 1.95. The highest BCUT2D eigenvalue weighted by Gasteiger charge is 2.03. The second kappa shape index (κ2) is 4.26. The van der Waals surface area contributed by atoms with Gasteiger partial charge in [0.15, 0.2) is 0 Å². The van der Waals surface area contributed by atoms with Gasteiger partial charge in [-0.2, -0.15) is 0 Å². The van der Waals surface area contributed by atoms with Crippen molar-refractivity contribution in [2.24, 2.45) is 5.92 Å². The topological polar surface area (TPSA) is 38.9 Å². The number of nitrogens with zero attached hydrogens (tertiary/aromatic N) is 1. The third kappa shape index (κ3) is 2.72. The fourth-order valence-electron chi connectivity index (χ4n) is 1.25. The van der Waals surface area contributed by atoms with Gasteiger partial charge in [0.2, 0.25) is 0 Å². The molecular weight excluding hydrogens is 160 g/mol. The number of nitrogens with two attached hydrogens (primary N) is 1. The van der Waals surface area contributed by atoms with E-state index >= 15 is 0 Å². The van der Waals surface area contributed by atoms with Crippen LogP contribution in [-0.4, -0.2) is 4.98 Å². The van der Waals surface area contributed by atoms with E-state index in [9.17, 15) is 0 Å². The van der Waals surface area contributed by atoms with E-state index in [1.807, 2.05) is 19.2 Å². The first-order valence-electron chi connectivity index (χ1n) is 4.81. The Morgan fingerprint density at radius 1 is 1.46 bits per heavy atom. The second-order valence-corrected chi connectivity index (χ2v) is 3.92. The zero-order valence-electron chi connectivity index (χ0n) is 8.67. The third-order valence-corrected chi connectivity index (χ3v) is 2.25. The highest BCUT2D eigenvalue weighted by atomic mass is 14.7. The van der Waals surface area contributed by atoms with Crippen molar-refractivity contribution in [2.45, 2.75) is 33.6 Å². The molecule has 1 heterocycles. The summed E-state index contributed by atoms with van der Waals surface area (Å²) in [6.45, 7) is 6.45. The average molecular weight is 178 g/mol. The minimum absolute atomic E-state index is 0.710. The Hall–Kier alpha value is -1.05. The SMILES string of the molecule is Cc1ccnc(CCC(C)C)c1N. The van der Waals surface area contributed by atoms with Gasteiger partial charge >= 0.3 is 0 Å². The summed E-state index contributed by atoms with van der Waals surface area (Å²) >= 11 is 0. The van der Waals surface area contributed by atoms with Crippen molar-refractivity contribution in [3.63, 3.8) is 0 Å². The first-order chi connectivity index (χ1) is 6.11. The van der Waals surface area contributed by atoms with Crippen LogP contribution in [0, 0.1) is 12.8 Å². The Morgan fingerprint density at radius 3 is 2.77 bits per heavy atom. The van der Waals surface area contributed by atoms with Gasteiger partial charge in [0.05, 0.1) is 11.4 Å². The van der Waals surface area contributed by atoms with Crippen LogP contribution in [0.3, 0.4) is 0 Å².